The minimum Gasteiger partial charge on any atom is -0.377 e. The van der Waals surface area contributed by atoms with Gasteiger partial charge in [-0.15, -0.1) is 24.0 Å². The molecule has 2 aliphatic carbocycles. The molecule has 0 radical (unpaired) electrons. The number of nitrogens with one attached hydrogen (secondary N) is 2. The van der Waals surface area contributed by atoms with Gasteiger partial charge in [-0.3, -0.25) is 4.99 Å². The molecule has 156 valence electrons. The Morgan fingerprint density at radius 2 is 2.21 bits per heavy atom. The zero-order valence-corrected chi connectivity index (χ0v) is 19.0. The lowest BCUT2D eigenvalue weighted by Crippen LogP contribution is -2.72. The molecule has 1 aromatic rings. The van der Waals surface area contributed by atoms with Gasteiger partial charge in [-0.25, -0.2) is 9.67 Å². The fourth-order valence-corrected chi connectivity index (χ4v) is 5.64. The van der Waals surface area contributed by atoms with E-state index in [0.29, 0.717) is 36.1 Å². The third kappa shape index (κ3) is 3.23. The van der Waals surface area contributed by atoms with Crippen molar-refractivity contribution in [2.75, 3.05) is 20.8 Å². The number of nitrogens with zero attached hydrogens (tertiary/aromatic N) is 4. The number of fused-ring (bicyclic) bond motifs is 3. The lowest BCUT2D eigenvalue weighted by Gasteiger charge is -2.63. The van der Waals surface area contributed by atoms with Crippen molar-refractivity contribution in [1.82, 2.24) is 25.4 Å². The van der Waals surface area contributed by atoms with Gasteiger partial charge in [-0.05, 0) is 25.7 Å². The molecule has 1 aromatic heterocycles. The number of guanidine groups is 1. The largest absolute Gasteiger partial charge is 0.377 e. The zero-order chi connectivity index (χ0) is 18.4. The van der Waals surface area contributed by atoms with Gasteiger partial charge in [0.15, 0.2) is 11.8 Å². The third-order valence-electron chi connectivity index (χ3n) is 7.07. The van der Waals surface area contributed by atoms with E-state index in [9.17, 15) is 0 Å². The minimum atomic E-state index is 0. The van der Waals surface area contributed by atoms with Crippen molar-refractivity contribution in [3.8, 4) is 0 Å². The Kier molecular flexibility index (Phi) is 5.85. The standard InChI is InChI=1S/C19H30N6O2.HI/c1-20-18(23-16-13-6-9-27-17(13)19(16)7-3-8-19)21-12-4-5-15-22-14(11-26-2)24-25(15)10-12;/h12-13,16-17H,3-11H2,1-2H3,(H2,20,21,23);1H. The molecule has 4 aliphatic rings. The summed E-state index contributed by atoms with van der Waals surface area (Å²) in [5.74, 6) is 3.39. The number of aromatic nitrogens is 3. The number of halogens is 1. The molecule has 5 rings (SSSR count). The van der Waals surface area contributed by atoms with Gasteiger partial charge >= 0.3 is 0 Å². The lowest BCUT2D eigenvalue weighted by molar-refractivity contribution is -0.171. The number of rotatable bonds is 4. The summed E-state index contributed by atoms with van der Waals surface area (Å²) in [6.45, 7) is 2.20. The Morgan fingerprint density at radius 3 is 2.93 bits per heavy atom. The highest BCUT2D eigenvalue weighted by molar-refractivity contribution is 14.0. The van der Waals surface area contributed by atoms with Crippen LogP contribution in [0.5, 0.6) is 0 Å². The minimum absolute atomic E-state index is 0. The highest BCUT2D eigenvalue weighted by atomic mass is 127. The van der Waals surface area contributed by atoms with Crippen molar-refractivity contribution in [2.45, 2.75) is 69.9 Å². The van der Waals surface area contributed by atoms with Crippen molar-refractivity contribution in [2.24, 2.45) is 16.3 Å². The van der Waals surface area contributed by atoms with E-state index in [1.54, 1.807) is 7.11 Å². The van der Waals surface area contributed by atoms with E-state index in [1.807, 2.05) is 11.7 Å². The van der Waals surface area contributed by atoms with Crippen molar-refractivity contribution in [3.63, 3.8) is 0 Å². The summed E-state index contributed by atoms with van der Waals surface area (Å²) >= 11 is 0. The van der Waals surface area contributed by atoms with Gasteiger partial charge in [0.25, 0.3) is 0 Å². The lowest BCUT2D eigenvalue weighted by atomic mass is 9.46. The Bertz CT molecular complexity index is 734. The molecule has 3 fully saturated rings. The van der Waals surface area contributed by atoms with Crippen molar-refractivity contribution in [1.29, 1.82) is 0 Å². The summed E-state index contributed by atoms with van der Waals surface area (Å²) in [5, 5.41) is 12.0. The Hall–Kier alpha value is -0.940. The van der Waals surface area contributed by atoms with Crippen LogP contribution in [0.2, 0.25) is 0 Å². The van der Waals surface area contributed by atoms with E-state index in [4.69, 9.17) is 9.47 Å². The normalized spacial score (nSPS) is 32.6. The van der Waals surface area contributed by atoms with Crippen LogP contribution in [-0.4, -0.2) is 59.7 Å². The number of hydrogen-bond donors (Lipinski definition) is 2. The SMILES string of the molecule is CN=C(NC1CCc2nc(COC)nn2C1)NC1C2CCOC2C12CCC2.I. The number of methoxy groups -OCH3 is 1. The van der Waals surface area contributed by atoms with Crippen LogP contribution < -0.4 is 10.6 Å². The summed E-state index contributed by atoms with van der Waals surface area (Å²) < 4.78 is 13.2. The first kappa shape index (κ1) is 20.3. The molecule has 2 saturated carbocycles. The maximum atomic E-state index is 6.04. The smallest absolute Gasteiger partial charge is 0.191 e. The first-order valence-corrected chi connectivity index (χ1v) is 10.3. The van der Waals surface area contributed by atoms with Crippen molar-refractivity contribution in [3.05, 3.63) is 11.6 Å². The fourth-order valence-electron chi connectivity index (χ4n) is 5.64. The second-order valence-electron chi connectivity index (χ2n) is 8.46. The Balaban J connectivity index is 0.00000192. The molecule has 0 bridgehead atoms. The third-order valence-corrected chi connectivity index (χ3v) is 7.07. The summed E-state index contributed by atoms with van der Waals surface area (Å²) in [6, 6.07) is 0.817. The van der Waals surface area contributed by atoms with Gasteiger partial charge < -0.3 is 20.1 Å². The van der Waals surface area contributed by atoms with E-state index in [1.165, 1.54) is 25.7 Å². The Labute approximate surface area is 183 Å². The monoisotopic (exact) mass is 502 g/mol. The number of hydrogen-bond acceptors (Lipinski definition) is 5. The van der Waals surface area contributed by atoms with Crippen LogP contribution in [0.25, 0.3) is 0 Å². The van der Waals surface area contributed by atoms with Gasteiger partial charge in [0.05, 0.1) is 12.6 Å². The van der Waals surface area contributed by atoms with Crippen LogP contribution in [0.3, 0.4) is 0 Å². The number of aryl methyl sites for hydroxylation is 1. The first-order chi connectivity index (χ1) is 13.2. The molecule has 4 unspecified atom stereocenters. The predicted octanol–water partition coefficient (Wildman–Crippen LogP) is 1.48. The molecule has 3 heterocycles. The highest BCUT2D eigenvalue weighted by Gasteiger charge is 2.66. The summed E-state index contributed by atoms with van der Waals surface area (Å²) in [6.07, 6.45) is 7.53. The molecule has 28 heavy (non-hydrogen) atoms. The number of ether oxygens (including phenoxy) is 2. The second-order valence-corrected chi connectivity index (χ2v) is 8.46. The summed E-state index contributed by atoms with van der Waals surface area (Å²) in [5.41, 5.74) is 0.361. The van der Waals surface area contributed by atoms with E-state index >= 15 is 0 Å². The van der Waals surface area contributed by atoms with E-state index < -0.39 is 0 Å². The maximum Gasteiger partial charge on any atom is 0.191 e. The molecular weight excluding hydrogens is 471 g/mol. The van der Waals surface area contributed by atoms with Crippen LogP contribution in [-0.2, 0) is 29.0 Å². The molecular formula is C19H31IN6O2. The molecule has 2 aliphatic heterocycles. The predicted molar refractivity (Wildman–Crippen MR) is 116 cm³/mol. The van der Waals surface area contributed by atoms with Gasteiger partial charge in [0.1, 0.15) is 12.4 Å². The van der Waals surface area contributed by atoms with Crippen LogP contribution in [0.15, 0.2) is 4.99 Å². The van der Waals surface area contributed by atoms with Gasteiger partial charge in [0, 0.05) is 50.6 Å². The van der Waals surface area contributed by atoms with Crippen LogP contribution >= 0.6 is 24.0 Å². The molecule has 0 aromatic carbocycles. The van der Waals surface area contributed by atoms with Crippen molar-refractivity contribution >= 4 is 29.9 Å². The maximum absolute atomic E-state index is 6.04. The molecule has 4 atom stereocenters. The van der Waals surface area contributed by atoms with E-state index in [-0.39, 0.29) is 24.0 Å². The van der Waals surface area contributed by atoms with Crippen molar-refractivity contribution < 1.29 is 9.47 Å². The summed E-state index contributed by atoms with van der Waals surface area (Å²) in [7, 11) is 3.54. The van der Waals surface area contributed by atoms with Crippen LogP contribution in [0.4, 0.5) is 0 Å². The van der Waals surface area contributed by atoms with E-state index in [0.717, 1.165) is 43.6 Å². The quantitative estimate of drug-likeness (QED) is 0.369. The number of aliphatic imine (C=N–C) groups is 1. The average molecular weight is 502 g/mol. The molecule has 1 spiro atoms. The van der Waals surface area contributed by atoms with Crippen LogP contribution in [0, 0.1) is 11.3 Å². The highest BCUT2D eigenvalue weighted by Crippen LogP contribution is 2.62. The van der Waals surface area contributed by atoms with E-state index in [2.05, 4.69) is 25.7 Å². The first-order valence-electron chi connectivity index (χ1n) is 10.3. The van der Waals surface area contributed by atoms with Crippen LogP contribution in [0.1, 0.15) is 43.8 Å². The topological polar surface area (TPSA) is 85.6 Å². The zero-order valence-electron chi connectivity index (χ0n) is 16.7. The Morgan fingerprint density at radius 1 is 1.36 bits per heavy atom. The summed E-state index contributed by atoms with van der Waals surface area (Å²) in [4.78, 5) is 9.08. The molecule has 9 heteroatoms. The molecule has 0 amide bonds. The van der Waals surface area contributed by atoms with Gasteiger partial charge in [0.2, 0.25) is 0 Å². The fraction of sp³-hybridized carbons (Fsp3) is 0.842. The van der Waals surface area contributed by atoms with Gasteiger partial charge in [-0.1, -0.05) is 6.42 Å². The van der Waals surface area contributed by atoms with Gasteiger partial charge in [-0.2, -0.15) is 5.10 Å². The second kappa shape index (κ2) is 8.06. The molecule has 8 nitrogen and oxygen atoms in total. The molecule has 2 N–H and O–H groups in total. The molecule has 1 saturated heterocycles. The average Bonchev–Trinajstić information content (AvgIpc) is 3.21.